The molecule has 0 saturated carbocycles. The fourth-order valence-electron chi connectivity index (χ4n) is 2.13. The van der Waals surface area contributed by atoms with Crippen LogP contribution in [0.3, 0.4) is 0 Å². The van der Waals surface area contributed by atoms with Crippen molar-refractivity contribution in [2.75, 3.05) is 7.05 Å². The highest BCUT2D eigenvalue weighted by molar-refractivity contribution is 7.11. The third kappa shape index (κ3) is 3.84. The molecule has 1 N–H and O–H groups in total. The van der Waals surface area contributed by atoms with E-state index in [-0.39, 0.29) is 0 Å². The van der Waals surface area contributed by atoms with Gasteiger partial charge in [0.25, 0.3) is 0 Å². The van der Waals surface area contributed by atoms with E-state index in [1.54, 1.807) is 11.3 Å². The summed E-state index contributed by atoms with van der Waals surface area (Å²) in [6.07, 6.45) is 2.44. The van der Waals surface area contributed by atoms with Crippen molar-refractivity contribution in [3.8, 4) is 0 Å². The molecule has 1 aromatic carbocycles. The number of aryl methyl sites for hydroxylation is 1. The minimum atomic E-state index is -0.541. The van der Waals surface area contributed by atoms with E-state index in [0.29, 0.717) is 12.0 Å². The van der Waals surface area contributed by atoms with E-state index in [0.717, 1.165) is 36.2 Å². The van der Waals surface area contributed by atoms with Gasteiger partial charge in [-0.3, -0.25) is 0 Å². The molecule has 0 aliphatic rings. The van der Waals surface area contributed by atoms with Crippen LogP contribution in [0.1, 0.15) is 34.5 Å². The number of nitrogens with zero attached hydrogens (tertiary/aromatic N) is 1. The van der Waals surface area contributed by atoms with Crippen molar-refractivity contribution >= 4 is 11.3 Å². The average molecular weight is 296 g/mol. The number of aromatic nitrogens is 1. The van der Waals surface area contributed by atoms with Crippen LogP contribution in [0.25, 0.3) is 0 Å². The number of nitrogens with one attached hydrogen (secondary N) is 1. The Kier molecular flexibility index (Phi) is 5.20. The van der Waals surface area contributed by atoms with Crippen LogP contribution in [-0.4, -0.2) is 12.0 Å². The van der Waals surface area contributed by atoms with Gasteiger partial charge in [0.15, 0.2) is 0 Å². The van der Waals surface area contributed by atoms with Gasteiger partial charge in [0, 0.05) is 23.9 Å². The minimum Gasteiger partial charge on any atom is -0.315 e. The molecule has 5 heteroatoms. The molecule has 0 unspecified atom stereocenters. The van der Waals surface area contributed by atoms with Crippen LogP contribution in [0.15, 0.2) is 18.2 Å². The lowest BCUT2D eigenvalue weighted by atomic mass is 10.1. The molecule has 1 aromatic heterocycles. The van der Waals surface area contributed by atoms with E-state index in [2.05, 4.69) is 17.2 Å². The molecule has 108 valence electrons. The summed E-state index contributed by atoms with van der Waals surface area (Å²) in [5.41, 5.74) is 1.72. The standard InChI is InChI=1S/C15H18F2N2S/c1-3-4-13-14(9-18-2)20-15(19-13)7-10-5-11(16)8-12(17)6-10/h5-6,8,18H,3-4,7,9H2,1-2H3. The third-order valence-corrected chi connectivity index (χ3v) is 4.02. The third-order valence-electron chi connectivity index (χ3n) is 2.92. The summed E-state index contributed by atoms with van der Waals surface area (Å²) >= 11 is 1.61. The zero-order chi connectivity index (χ0) is 14.5. The van der Waals surface area contributed by atoms with Crippen molar-refractivity contribution in [1.29, 1.82) is 0 Å². The molecule has 0 amide bonds. The van der Waals surface area contributed by atoms with Gasteiger partial charge < -0.3 is 5.32 Å². The molecule has 0 radical (unpaired) electrons. The molecule has 1 heterocycles. The van der Waals surface area contributed by atoms with Crippen molar-refractivity contribution in [3.05, 3.63) is 51.0 Å². The topological polar surface area (TPSA) is 24.9 Å². The first-order chi connectivity index (χ1) is 9.62. The zero-order valence-corrected chi connectivity index (χ0v) is 12.5. The van der Waals surface area contributed by atoms with Crippen molar-refractivity contribution in [1.82, 2.24) is 10.3 Å². The largest absolute Gasteiger partial charge is 0.315 e. The highest BCUT2D eigenvalue weighted by Gasteiger charge is 2.11. The fourth-order valence-corrected chi connectivity index (χ4v) is 3.29. The first-order valence-corrected chi connectivity index (χ1v) is 7.51. The van der Waals surface area contributed by atoms with Crippen molar-refractivity contribution in [3.63, 3.8) is 0 Å². The first kappa shape index (κ1) is 15.1. The maximum Gasteiger partial charge on any atom is 0.126 e. The predicted octanol–water partition coefficient (Wildman–Crippen LogP) is 3.68. The molecule has 20 heavy (non-hydrogen) atoms. The molecule has 2 aromatic rings. The molecular formula is C15H18F2N2S. The van der Waals surface area contributed by atoms with E-state index < -0.39 is 11.6 Å². The monoisotopic (exact) mass is 296 g/mol. The molecule has 0 bridgehead atoms. The molecule has 0 saturated heterocycles. The molecular weight excluding hydrogens is 278 g/mol. The Hall–Kier alpha value is -1.33. The number of hydrogen-bond acceptors (Lipinski definition) is 3. The van der Waals surface area contributed by atoms with E-state index in [1.807, 2.05) is 7.05 Å². The van der Waals surface area contributed by atoms with Crippen LogP contribution in [0.4, 0.5) is 8.78 Å². The first-order valence-electron chi connectivity index (χ1n) is 6.69. The Labute approximate surface area is 121 Å². The van der Waals surface area contributed by atoms with Crippen LogP contribution in [0.2, 0.25) is 0 Å². The van der Waals surface area contributed by atoms with Crippen LogP contribution in [0.5, 0.6) is 0 Å². The van der Waals surface area contributed by atoms with Crippen molar-refractivity contribution in [2.45, 2.75) is 32.7 Å². The summed E-state index contributed by atoms with van der Waals surface area (Å²) in [4.78, 5) is 5.82. The lowest BCUT2D eigenvalue weighted by Gasteiger charge is -1.99. The average Bonchev–Trinajstić information content (AvgIpc) is 2.71. The molecule has 0 fully saturated rings. The number of halogens is 2. The van der Waals surface area contributed by atoms with E-state index in [4.69, 9.17) is 0 Å². The van der Waals surface area contributed by atoms with Gasteiger partial charge in [0.05, 0.1) is 10.7 Å². The van der Waals surface area contributed by atoms with Gasteiger partial charge in [0.1, 0.15) is 11.6 Å². The van der Waals surface area contributed by atoms with Crippen LogP contribution < -0.4 is 5.32 Å². The Morgan fingerprint density at radius 3 is 2.50 bits per heavy atom. The number of hydrogen-bond donors (Lipinski definition) is 1. The van der Waals surface area contributed by atoms with Crippen LogP contribution in [-0.2, 0) is 19.4 Å². The van der Waals surface area contributed by atoms with E-state index in [9.17, 15) is 8.78 Å². The molecule has 0 aliphatic carbocycles. The fraction of sp³-hybridized carbons (Fsp3) is 0.400. The zero-order valence-electron chi connectivity index (χ0n) is 11.7. The van der Waals surface area contributed by atoms with Crippen LogP contribution >= 0.6 is 11.3 Å². The van der Waals surface area contributed by atoms with E-state index in [1.165, 1.54) is 17.0 Å². The maximum absolute atomic E-state index is 13.2. The second-order valence-electron chi connectivity index (χ2n) is 4.71. The summed E-state index contributed by atoms with van der Waals surface area (Å²) in [6.45, 7) is 2.90. The molecule has 2 rings (SSSR count). The van der Waals surface area contributed by atoms with Gasteiger partial charge in [-0.1, -0.05) is 13.3 Å². The number of rotatable bonds is 6. The SMILES string of the molecule is CCCc1nc(Cc2cc(F)cc(F)c2)sc1CNC. The lowest BCUT2D eigenvalue weighted by Crippen LogP contribution is -2.05. The second kappa shape index (κ2) is 6.90. The summed E-state index contributed by atoms with van der Waals surface area (Å²) in [6, 6.07) is 3.61. The Morgan fingerprint density at radius 1 is 1.20 bits per heavy atom. The minimum absolute atomic E-state index is 0.472. The van der Waals surface area contributed by atoms with Crippen LogP contribution in [0, 0.1) is 11.6 Å². The number of benzene rings is 1. The van der Waals surface area contributed by atoms with Gasteiger partial charge >= 0.3 is 0 Å². The van der Waals surface area contributed by atoms with Gasteiger partial charge in [0.2, 0.25) is 0 Å². The maximum atomic E-state index is 13.2. The summed E-state index contributed by atoms with van der Waals surface area (Å²) in [7, 11) is 1.90. The molecule has 0 aliphatic heterocycles. The molecule has 0 spiro atoms. The highest BCUT2D eigenvalue weighted by Crippen LogP contribution is 2.23. The van der Waals surface area contributed by atoms with Gasteiger partial charge in [-0.2, -0.15) is 0 Å². The Balaban J connectivity index is 2.22. The van der Waals surface area contributed by atoms with Crippen molar-refractivity contribution in [2.24, 2.45) is 0 Å². The summed E-state index contributed by atoms with van der Waals surface area (Å²) in [5.74, 6) is -1.08. The molecule has 0 atom stereocenters. The summed E-state index contributed by atoms with van der Waals surface area (Å²) < 4.78 is 26.4. The second-order valence-corrected chi connectivity index (χ2v) is 5.88. The van der Waals surface area contributed by atoms with Gasteiger partial charge in [-0.15, -0.1) is 11.3 Å². The van der Waals surface area contributed by atoms with Gasteiger partial charge in [-0.25, -0.2) is 13.8 Å². The summed E-state index contributed by atoms with van der Waals surface area (Å²) in [5, 5.41) is 4.03. The molecule has 2 nitrogen and oxygen atoms in total. The smallest absolute Gasteiger partial charge is 0.126 e. The normalized spacial score (nSPS) is 11.0. The Morgan fingerprint density at radius 2 is 1.90 bits per heavy atom. The quantitative estimate of drug-likeness (QED) is 0.879. The van der Waals surface area contributed by atoms with Gasteiger partial charge in [-0.05, 0) is 31.2 Å². The lowest BCUT2D eigenvalue weighted by molar-refractivity contribution is 0.580. The predicted molar refractivity (Wildman–Crippen MR) is 78.0 cm³/mol. The number of thiazole rings is 1. The van der Waals surface area contributed by atoms with E-state index >= 15 is 0 Å². The Bertz CT molecular complexity index is 537. The van der Waals surface area contributed by atoms with Crippen molar-refractivity contribution < 1.29 is 8.78 Å². The highest BCUT2D eigenvalue weighted by atomic mass is 32.1.